The second kappa shape index (κ2) is 9.54. The van der Waals surface area contributed by atoms with Gasteiger partial charge in [-0.25, -0.2) is 5.43 Å². The van der Waals surface area contributed by atoms with Crippen molar-refractivity contribution >= 4 is 23.4 Å². The van der Waals surface area contributed by atoms with Crippen LogP contribution in [0.4, 0.5) is 11.8 Å². The van der Waals surface area contributed by atoms with E-state index in [2.05, 4.69) is 28.7 Å². The van der Waals surface area contributed by atoms with Gasteiger partial charge < -0.3 is 15.6 Å². The Morgan fingerprint density at radius 3 is 2.91 bits per heavy atom. The zero-order valence-electron chi connectivity index (χ0n) is 18.1. The minimum Gasteiger partial charge on any atom is -0.367 e. The minimum absolute atomic E-state index is 0.233. The molecular weight excluding hydrogens is 404 g/mol. The zero-order chi connectivity index (χ0) is 22.5. The van der Waals surface area contributed by atoms with Gasteiger partial charge in [-0.2, -0.15) is 10.2 Å². The van der Waals surface area contributed by atoms with Gasteiger partial charge in [-0.3, -0.25) is 14.4 Å². The molecule has 2 aliphatic rings. The Labute approximate surface area is 187 Å². The summed E-state index contributed by atoms with van der Waals surface area (Å²) in [5, 5.41) is 22.4. The Kier molecular flexibility index (Phi) is 6.39. The van der Waals surface area contributed by atoms with Crippen molar-refractivity contribution in [2.24, 2.45) is 0 Å². The lowest BCUT2D eigenvalue weighted by atomic mass is 10.1. The van der Waals surface area contributed by atoms with Crippen LogP contribution in [0.3, 0.4) is 0 Å². The number of rotatable bonds is 4. The summed E-state index contributed by atoms with van der Waals surface area (Å²) in [5.41, 5.74) is 5.59. The molecule has 9 heteroatoms. The summed E-state index contributed by atoms with van der Waals surface area (Å²) in [6, 6.07) is 9.48. The maximum Gasteiger partial charge on any atom is 0.288 e. The van der Waals surface area contributed by atoms with Crippen molar-refractivity contribution in [1.82, 2.24) is 20.0 Å². The van der Waals surface area contributed by atoms with E-state index >= 15 is 0 Å². The molecule has 164 valence electrons. The number of nitrogens with one attached hydrogen (secondary N) is 3. The van der Waals surface area contributed by atoms with E-state index in [4.69, 9.17) is 10.4 Å². The molecule has 1 fully saturated rings. The Hall–Kier alpha value is -3.82. The van der Waals surface area contributed by atoms with Gasteiger partial charge in [0.05, 0.1) is 31.3 Å². The average molecular weight is 431 g/mol. The first-order chi connectivity index (χ1) is 15.6. The monoisotopic (exact) mass is 430 g/mol. The van der Waals surface area contributed by atoms with Crippen molar-refractivity contribution in [3.63, 3.8) is 0 Å². The van der Waals surface area contributed by atoms with E-state index < -0.39 is 0 Å². The third-order valence-electron chi connectivity index (χ3n) is 5.57. The number of nitrogens with zero attached hydrogens (tertiary/aromatic N) is 5. The fraction of sp³-hybridized carbons (Fsp3) is 0.391. The summed E-state index contributed by atoms with van der Waals surface area (Å²) in [6.07, 6.45) is 1.68. The number of hydrogen-bond acceptors (Lipinski definition) is 7. The first kappa shape index (κ1) is 21.4. The van der Waals surface area contributed by atoms with E-state index in [9.17, 15) is 10.1 Å². The Balaban J connectivity index is 1.74. The maximum absolute atomic E-state index is 13.7. The van der Waals surface area contributed by atoms with Gasteiger partial charge in [-0.05, 0) is 31.4 Å². The van der Waals surface area contributed by atoms with Gasteiger partial charge >= 0.3 is 0 Å². The van der Waals surface area contributed by atoms with Crippen LogP contribution in [0.15, 0.2) is 24.3 Å². The standard InChI is InChI=1S/C23H26N8O/c1-2-3-13-30-20-21(28-23(30)29-12-6-9-19(25)16-29)26-10-11-27-31(22(20)32)15-18-8-5-4-7-17(18)14-24/h4-5,7-8,25-27H,6,9-13,15-16H2,1H3. The molecule has 0 aliphatic carbocycles. The molecule has 2 aliphatic heterocycles. The molecule has 1 aromatic heterocycles. The number of piperidine rings is 1. The molecule has 3 N–H and O–H groups in total. The largest absolute Gasteiger partial charge is 0.367 e. The molecule has 0 spiro atoms. The molecule has 0 saturated carbocycles. The van der Waals surface area contributed by atoms with Crippen LogP contribution >= 0.6 is 0 Å². The van der Waals surface area contributed by atoms with Gasteiger partial charge in [0, 0.05) is 25.3 Å². The smallest absolute Gasteiger partial charge is 0.288 e. The van der Waals surface area contributed by atoms with Crippen molar-refractivity contribution in [1.29, 1.82) is 10.7 Å². The molecule has 1 saturated heterocycles. The Morgan fingerprint density at radius 1 is 1.28 bits per heavy atom. The molecule has 0 bridgehead atoms. The molecular formula is C23H26N8O. The highest BCUT2D eigenvalue weighted by molar-refractivity contribution is 5.98. The third kappa shape index (κ3) is 4.29. The van der Waals surface area contributed by atoms with Crippen LogP contribution in [0.5, 0.6) is 0 Å². The number of fused-ring (bicyclic) bond motifs is 1. The fourth-order valence-corrected chi connectivity index (χ4v) is 4.01. The summed E-state index contributed by atoms with van der Waals surface area (Å²) in [5.74, 6) is 6.92. The van der Waals surface area contributed by atoms with Crippen molar-refractivity contribution in [3.05, 3.63) is 41.1 Å². The minimum atomic E-state index is -0.233. The molecule has 0 atom stereocenters. The van der Waals surface area contributed by atoms with Crippen LogP contribution in [0.2, 0.25) is 0 Å². The highest BCUT2D eigenvalue weighted by Gasteiger charge is 2.31. The molecule has 0 radical (unpaired) electrons. The van der Waals surface area contributed by atoms with Gasteiger partial charge in [-0.15, -0.1) is 5.92 Å². The average Bonchev–Trinajstić information content (AvgIpc) is 3.16. The number of aromatic nitrogens is 2. The van der Waals surface area contributed by atoms with Crippen LogP contribution in [0.25, 0.3) is 0 Å². The SMILES string of the molecule is CC#CCn1c(N2CCCC(=N)C2)nc2c1C(=O)N(Cc1ccccc1C#N)NCCN2. The van der Waals surface area contributed by atoms with Crippen molar-refractivity contribution in [2.75, 3.05) is 36.4 Å². The van der Waals surface area contributed by atoms with E-state index in [0.717, 1.165) is 24.9 Å². The van der Waals surface area contributed by atoms with Crippen LogP contribution in [0, 0.1) is 28.6 Å². The van der Waals surface area contributed by atoms with Gasteiger partial charge in [-0.1, -0.05) is 24.1 Å². The van der Waals surface area contributed by atoms with Gasteiger partial charge in [0.25, 0.3) is 5.91 Å². The van der Waals surface area contributed by atoms with Crippen molar-refractivity contribution in [2.45, 2.75) is 32.9 Å². The molecule has 1 aromatic carbocycles. The van der Waals surface area contributed by atoms with E-state index in [-0.39, 0.29) is 12.5 Å². The zero-order valence-corrected chi connectivity index (χ0v) is 18.1. The predicted molar refractivity (Wildman–Crippen MR) is 122 cm³/mol. The van der Waals surface area contributed by atoms with Gasteiger partial charge in [0.15, 0.2) is 11.5 Å². The van der Waals surface area contributed by atoms with Crippen LogP contribution < -0.4 is 15.6 Å². The molecule has 0 unspecified atom stereocenters. The van der Waals surface area contributed by atoms with Gasteiger partial charge in [0.2, 0.25) is 5.95 Å². The summed E-state index contributed by atoms with van der Waals surface area (Å²) >= 11 is 0. The number of carbonyl (C=O) groups is 1. The Morgan fingerprint density at radius 2 is 2.12 bits per heavy atom. The Bertz CT molecular complexity index is 1130. The second-order valence-electron chi connectivity index (χ2n) is 7.75. The van der Waals surface area contributed by atoms with Crippen LogP contribution in [-0.2, 0) is 13.1 Å². The molecule has 3 heterocycles. The highest BCUT2D eigenvalue weighted by atomic mass is 16.2. The summed E-state index contributed by atoms with van der Waals surface area (Å²) < 4.78 is 1.84. The highest BCUT2D eigenvalue weighted by Crippen LogP contribution is 2.28. The number of hydrogen-bond donors (Lipinski definition) is 3. The topological polar surface area (TPSA) is 113 Å². The summed E-state index contributed by atoms with van der Waals surface area (Å²) in [7, 11) is 0. The number of nitriles is 1. The molecule has 2 aromatic rings. The fourth-order valence-electron chi connectivity index (χ4n) is 4.01. The normalized spacial score (nSPS) is 16.2. The quantitative estimate of drug-likeness (QED) is 0.639. The lowest BCUT2D eigenvalue weighted by Gasteiger charge is -2.29. The molecule has 4 rings (SSSR count). The third-order valence-corrected chi connectivity index (χ3v) is 5.57. The summed E-state index contributed by atoms with van der Waals surface area (Å²) in [4.78, 5) is 20.5. The number of carbonyl (C=O) groups excluding carboxylic acids is 1. The first-order valence-corrected chi connectivity index (χ1v) is 10.7. The lowest BCUT2D eigenvalue weighted by Crippen LogP contribution is -2.46. The number of benzene rings is 1. The van der Waals surface area contributed by atoms with Crippen molar-refractivity contribution in [3.8, 4) is 17.9 Å². The van der Waals surface area contributed by atoms with Crippen molar-refractivity contribution < 1.29 is 4.79 Å². The maximum atomic E-state index is 13.7. The van der Waals surface area contributed by atoms with Gasteiger partial charge in [0.1, 0.15) is 0 Å². The number of hydrazine groups is 1. The molecule has 32 heavy (non-hydrogen) atoms. The van der Waals surface area contributed by atoms with Crippen LogP contribution in [0.1, 0.15) is 41.4 Å². The van der Waals surface area contributed by atoms with E-state index in [0.29, 0.717) is 54.9 Å². The second-order valence-corrected chi connectivity index (χ2v) is 7.75. The van der Waals surface area contributed by atoms with E-state index in [1.165, 1.54) is 0 Å². The molecule has 9 nitrogen and oxygen atoms in total. The number of amides is 1. The number of anilines is 2. The first-order valence-electron chi connectivity index (χ1n) is 10.7. The lowest BCUT2D eigenvalue weighted by molar-refractivity contribution is 0.0630. The van der Waals surface area contributed by atoms with E-state index in [1.807, 2.05) is 27.7 Å². The van der Waals surface area contributed by atoms with E-state index in [1.54, 1.807) is 18.0 Å². The number of imidazole rings is 1. The predicted octanol–water partition coefficient (Wildman–Crippen LogP) is 1.97. The van der Waals surface area contributed by atoms with Crippen LogP contribution in [-0.4, -0.2) is 52.4 Å². The summed E-state index contributed by atoms with van der Waals surface area (Å²) in [6.45, 7) is 4.76. The molecule has 1 amide bonds.